The Bertz CT molecular complexity index is 964. The number of pyridine rings is 1. The molecule has 0 saturated carbocycles. The number of carbonyl (C=O) groups excluding carboxylic acids is 4. The Morgan fingerprint density at radius 2 is 1.67 bits per heavy atom. The van der Waals surface area contributed by atoms with Crippen molar-refractivity contribution in [1.82, 2.24) is 20.1 Å². The third-order valence-electron chi connectivity index (χ3n) is 5.64. The van der Waals surface area contributed by atoms with Crippen LogP contribution in [0.2, 0.25) is 0 Å². The normalized spacial score (nSPS) is 17.6. The smallest absolute Gasteiger partial charge is 0.262 e. The first kappa shape index (κ1) is 19.8. The summed E-state index contributed by atoms with van der Waals surface area (Å²) < 4.78 is 0. The minimum Gasteiger partial charge on any atom is -0.349 e. The van der Waals surface area contributed by atoms with Crippen molar-refractivity contribution in [2.24, 2.45) is 0 Å². The van der Waals surface area contributed by atoms with Gasteiger partial charge in [-0.25, -0.2) is 0 Å². The van der Waals surface area contributed by atoms with E-state index in [1.807, 2.05) is 0 Å². The third-order valence-corrected chi connectivity index (χ3v) is 5.64. The number of benzene rings is 1. The maximum absolute atomic E-state index is 13.0. The highest BCUT2D eigenvalue weighted by atomic mass is 16.2. The van der Waals surface area contributed by atoms with Crippen LogP contribution >= 0.6 is 0 Å². The molecule has 0 spiro atoms. The topological polar surface area (TPSA) is 99.7 Å². The number of aromatic nitrogens is 1. The summed E-state index contributed by atoms with van der Waals surface area (Å²) in [4.78, 5) is 57.1. The van der Waals surface area contributed by atoms with Gasteiger partial charge in [0.25, 0.3) is 17.7 Å². The van der Waals surface area contributed by atoms with Crippen LogP contribution in [-0.4, -0.2) is 63.6 Å². The molecule has 4 amide bonds. The van der Waals surface area contributed by atoms with E-state index in [1.54, 1.807) is 54.4 Å². The lowest BCUT2D eigenvalue weighted by atomic mass is 10.0. The molecule has 4 rings (SSSR count). The van der Waals surface area contributed by atoms with E-state index < -0.39 is 17.9 Å². The van der Waals surface area contributed by atoms with Gasteiger partial charge in [0.1, 0.15) is 6.04 Å². The average Bonchev–Trinajstić information content (AvgIpc) is 3.04. The molecule has 1 unspecified atom stereocenters. The Morgan fingerprint density at radius 1 is 1.03 bits per heavy atom. The van der Waals surface area contributed by atoms with Crippen molar-refractivity contribution in [2.45, 2.75) is 31.8 Å². The molecule has 1 N–H and O–H groups in total. The highest BCUT2D eigenvalue weighted by Gasteiger charge is 2.42. The molecule has 2 aliphatic heterocycles. The van der Waals surface area contributed by atoms with Gasteiger partial charge in [-0.1, -0.05) is 12.1 Å². The van der Waals surface area contributed by atoms with Crippen molar-refractivity contribution in [2.75, 3.05) is 13.1 Å². The first-order valence-electron chi connectivity index (χ1n) is 9.94. The first-order valence-corrected chi connectivity index (χ1v) is 9.94. The fraction of sp³-hybridized carbons (Fsp3) is 0.318. The number of hydrogen-bond acceptors (Lipinski definition) is 5. The molecular formula is C22H22N4O4. The summed E-state index contributed by atoms with van der Waals surface area (Å²) in [7, 11) is 0. The maximum Gasteiger partial charge on any atom is 0.262 e. The van der Waals surface area contributed by atoms with Crippen LogP contribution in [0, 0.1) is 0 Å². The summed E-state index contributed by atoms with van der Waals surface area (Å²) in [6, 6.07) is 9.08. The third kappa shape index (κ3) is 3.56. The molecule has 2 aromatic rings. The van der Waals surface area contributed by atoms with Crippen molar-refractivity contribution >= 4 is 23.6 Å². The Labute approximate surface area is 173 Å². The minimum atomic E-state index is -0.876. The maximum atomic E-state index is 13.0. The van der Waals surface area contributed by atoms with E-state index >= 15 is 0 Å². The van der Waals surface area contributed by atoms with E-state index in [4.69, 9.17) is 0 Å². The Balaban J connectivity index is 1.35. The molecule has 1 atom stereocenters. The van der Waals surface area contributed by atoms with Gasteiger partial charge in [-0.3, -0.25) is 29.1 Å². The van der Waals surface area contributed by atoms with E-state index in [-0.39, 0.29) is 17.9 Å². The molecule has 8 heteroatoms. The number of amides is 4. The Hall–Kier alpha value is -3.55. The zero-order valence-corrected chi connectivity index (χ0v) is 16.6. The van der Waals surface area contributed by atoms with Gasteiger partial charge in [0, 0.05) is 31.5 Å². The molecule has 0 aliphatic carbocycles. The highest BCUT2D eigenvalue weighted by molar-refractivity contribution is 6.22. The van der Waals surface area contributed by atoms with Gasteiger partial charge in [0.2, 0.25) is 5.91 Å². The minimum absolute atomic E-state index is 0.0450. The molecule has 1 fully saturated rings. The van der Waals surface area contributed by atoms with Crippen LogP contribution in [0.15, 0.2) is 48.8 Å². The van der Waals surface area contributed by atoms with Crippen LogP contribution < -0.4 is 5.32 Å². The van der Waals surface area contributed by atoms with E-state index in [9.17, 15) is 19.2 Å². The Kier molecular flexibility index (Phi) is 5.31. The van der Waals surface area contributed by atoms with Crippen LogP contribution in [0.5, 0.6) is 0 Å². The number of piperidine rings is 1. The van der Waals surface area contributed by atoms with Gasteiger partial charge in [-0.15, -0.1) is 0 Å². The predicted octanol–water partition coefficient (Wildman–Crippen LogP) is 1.49. The van der Waals surface area contributed by atoms with Gasteiger partial charge in [0.15, 0.2) is 0 Å². The molecule has 2 aliphatic rings. The molecule has 1 saturated heterocycles. The van der Waals surface area contributed by atoms with E-state index in [0.29, 0.717) is 42.6 Å². The van der Waals surface area contributed by atoms with Crippen LogP contribution in [-0.2, 0) is 4.79 Å². The summed E-state index contributed by atoms with van der Waals surface area (Å²) in [5, 5.41) is 2.97. The fourth-order valence-corrected chi connectivity index (χ4v) is 3.94. The van der Waals surface area contributed by atoms with Crippen molar-refractivity contribution in [3.8, 4) is 0 Å². The zero-order chi connectivity index (χ0) is 21.3. The van der Waals surface area contributed by atoms with Gasteiger partial charge >= 0.3 is 0 Å². The fourth-order valence-electron chi connectivity index (χ4n) is 3.94. The predicted molar refractivity (Wildman–Crippen MR) is 108 cm³/mol. The summed E-state index contributed by atoms with van der Waals surface area (Å²) in [5.41, 5.74) is 1.16. The molecule has 1 aromatic carbocycles. The average molecular weight is 406 g/mol. The molecule has 3 heterocycles. The lowest BCUT2D eigenvalue weighted by molar-refractivity contribution is -0.136. The van der Waals surface area contributed by atoms with E-state index in [0.717, 1.165) is 4.90 Å². The van der Waals surface area contributed by atoms with Gasteiger partial charge in [-0.05, 0) is 44.0 Å². The second-order valence-corrected chi connectivity index (χ2v) is 7.52. The van der Waals surface area contributed by atoms with Gasteiger partial charge in [0.05, 0.1) is 16.7 Å². The monoisotopic (exact) mass is 406 g/mol. The number of likely N-dealkylation sites (tertiary alicyclic amines) is 1. The van der Waals surface area contributed by atoms with E-state index in [1.165, 1.54) is 6.20 Å². The number of nitrogens with one attached hydrogen (secondary N) is 1. The van der Waals surface area contributed by atoms with Crippen molar-refractivity contribution < 1.29 is 19.2 Å². The molecule has 30 heavy (non-hydrogen) atoms. The molecule has 1 aromatic heterocycles. The SMILES string of the molecule is CC(C(=O)N1CCC(NC(=O)c2cccnc2)CC1)N1C(=O)c2ccccc2C1=O. The van der Waals surface area contributed by atoms with Crippen molar-refractivity contribution in [3.63, 3.8) is 0 Å². The zero-order valence-electron chi connectivity index (χ0n) is 16.6. The molecule has 8 nitrogen and oxygen atoms in total. The lowest BCUT2D eigenvalue weighted by Crippen LogP contribution is -2.53. The molecule has 0 bridgehead atoms. The largest absolute Gasteiger partial charge is 0.349 e. The molecule has 154 valence electrons. The summed E-state index contributed by atoms with van der Waals surface area (Å²) in [6.45, 7) is 2.48. The van der Waals surface area contributed by atoms with Crippen LogP contribution in [0.4, 0.5) is 0 Å². The summed E-state index contributed by atoms with van der Waals surface area (Å²) in [5.74, 6) is -1.32. The number of carbonyl (C=O) groups is 4. The second kappa shape index (κ2) is 8.06. The van der Waals surface area contributed by atoms with Crippen molar-refractivity contribution in [3.05, 3.63) is 65.5 Å². The van der Waals surface area contributed by atoms with E-state index in [2.05, 4.69) is 10.3 Å². The number of rotatable bonds is 4. The van der Waals surface area contributed by atoms with Gasteiger partial charge < -0.3 is 10.2 Å². The molecular weight excluding hydrogens is 384 g/mol. The number of nitrogens with zero attached hydrogens (tertiary/aromatic N) is 3. The number of imide groups is 1. The number of fused-ring (bicyclic) bond motifs is 1. The quantitative estimate of drug-likeness (QED) is 0.776. The summed E-state index contributed by atoms with van der Waals surface area (Å²) >= 11 is 0. The highest BCUT2D eigenvalue weighted by Crippen LogP contribution is 2.25. The summed E-state index contributed by atoms with van der Waals surface area (Å²) in [6.07, 6.45) is 4.33. The van der Waals surface area contributed by atoms with Crippen LogP contribution in [0.25, 0.3) is 0 Å². The van der Waals surface area contributed by atoms with Crippen molar-refractivity contribution in [1.29, 1.82) is 0 Å². The Morgan fingerprint density at radius 3 is 2.23 bits per heavy atom. The number of hydrogen-bond donors (Lipinski definition) is 1. The van der Waals surface area contributed by atoms with Gasteiger partial charge in [-0.2, -0.15) is 0 Å². The second-order valence-electron chi connectivity index (χ2n) is 7.52. The van der Waals surface area contributed by atoms with Crippen LogP contribution in [0.3, 0.4) is 0 Å². The first-order chi connectivity index (χ1) is 14.5. The van der Waals surface area contributed by atoms with Crippen LogP contribution in [0.1, 0.15) is 50.8 Å². The lowest BCUT2D eigenvalue weighted by Gasteiger charge is -2.35. The molecule has 0 radical (unpaired) electrons. The standard InChI is InChI=1S/C22H22N4O4/c1-14(26-21(29)17-6-2-3-7-18(17)22(26)30)20(28)25-11-8-16(9-12-25)24-19(27)15-5-4-10-23-13-15/h2-7,10,13-14,16H,8-9,11-12H2,1H3,(H,24,27).